The van der Waals surface area contributed by atoms with Crippen LogP contribution in [0, 0.1) is 17.2 Å². The SMILES string of the molecule is N#Cc1nc(-c2ccco2)oc1N1CCC(C(=O)N2CCC(OCc3ccccc3)CC2)CC1. The number of hydrogen-bond donors (Lipinski definition) is 0. The fraction of sp³-hybridized carbons (Fsp3) is 0.423. The molecule has 0 aliphatic carbocycles. The van der Waals surface area contributed by atoms with Gasteiger partial charge < -0.3 is 23.4 Å². The lowest BCUT2D eigenvalue weighted by molar-refractivity contribution is -0.139. The number of likely N-dealkylation sites (tertiary alicyclic amines) is 1. The normalized spacial score (nSPS) is 17.6. The predicted molar refractivity (Wildman–Crippen MR) is 125 cm³/mol. The molecule has 4 heterocycles. The van der Waals surface area contributed by atoms with Crippen LogP contribution in [0.2, 0.25) is 0 Å². The second-order valence-electron chi connectivity index (χ2n) is 8.84. The number of piperidine rings is 2. The Morgan fingerprint density at radius 2 is 1.82 bits per heavy atom. The van der Waals surface area contributed by atoms with E-state index in [4.69, 9.17) is 13.6 Å². The first kappa shape index (κ1) is 22.2. The number of amides is 1. The molecule has 2 saturated heterocycles. The molecule has 8 nitrogen and oxygen atoms in total. The van der Waals surface area contributed by atoms with Gasteiger partial charge in [0, 0.05) is 32.1 Å². The Labute approximate surface area is 198 Å². The summed E-state index contributed by atoms with van der Waals surface area (Å²) >= 11 is 0. The van der Waals surface area contributed by atoms with Gasteiger partial charge in [0.1, 0.15) is 6.07 Å². The van der Waals surface area contributed by atoms with Crippen molar-refractivity contribution in [3.05, 3.63) is 60.0 Å². The third-order valence-corrected chi connectivity index (χ3v) is 6.66. The molecule has 0 spiro atoms. The van der Waals surface area contributed by atoms with Gasteiger partial charge in [0.25, 0.3) is 5.89 Å². The second kappa shape index (κ2) is 10.1. The molecule has 1 aromatic carbocycles. The summed E-state index contributed by atoms with van der Waals surface area (Å²) in [4.78, 5) is 21.4. The van der Waals surface area contributed by atoms with E-state index in [1.54, 1.807) is 18.4 Å². The van der Waals surface area contributed by atoms with Crippen LogP contribution in [0.4, 0.5) is 5.88 Å². The molecule has 2 aromatic heterocycles. The minimum Gasteiger partial charge on any atom is -0.459 e. The van der Waals surface area contributed by atoms with Crippen molar-refractivity contribution < 1.29 is 18.4 Å². The molecule has 0 atom stereocenters. The number of anilines is 1. The number of nitriles is 1. The zero-order valence-corrected chi connectivity index (χ0v) is 19.1. The summed E-state index contributed by atoms with van der Waals surface area (Å²) in [5.74, 6) is 1.47. The first-order valence-electron chi connectivity index (χ1n) is 11.9. The third-order valence-electron chi connectivity index (χ3n) is 6.66. The van der Waals surface area contributed by atoms with Crippen LogP contribution in [0.25, 0.3) is 11.7 Å². The van der Waals surface area contributed by atoms with E-state index in [-0.39, 0.29) is 23.6 Å². The molecule has 2 fully saturated rings. The number of nitrogens with zero attached hydrogens (tertiary/aromatic N) is 4. The van der Waals surface area contributed by atoms with Crippen molar-refractivity contribution in [1.29, 1.82) is 5.26 Å². The van der Waals surface area contributed by atoms with Gasteiger partial charge in [0.15, 0.2) is 5.76 Å². The Bertz CT molecular complexity index is 1120. The largest absolute Gasteiger partial charge is 0.459 e. The predicted octanol–water partition coefficient (Wildman–Crippen LogP) is 4.23. The van der Waals surface area contributed by atoms with E-state index in [2.05, 4.69) is 23.2 Å². The standard InChI is InChI=1S/C26H28N4O4/c27-17-22-26(34-24(28-22)23-7-4-16-32-23)30-12-8-20(9-13-30)25(31)29-14-10-21(11-15-29)33-18-19-5-2-1-3-6-19/h1-7,16,20-21H,8-15,18H2. The zero-order valence-electron chi connectivity index (χ0n) is 19.1. The highest BCUT2D eigenvalue weighted by Crippen LogP contribution is 2.32. The van der Waals surface area contributed by atoms with Gasteiger partial charge in [-0.15, -0.1) is 0 Å². The number of aromatic nitrogens is 1. The minimum atomic E-state index is -0.00367. The topological polar surface area (TPSA) is 95.7 Å². The first-order valence-corrected chi connectivity index (χ1v) is 11.9. The van der Waals surface area contributed by atoms with Crippen LogP contribution in [-0.4, -0.2) is 48.1 Å². The van der Waals surface area contributed by atoms with E-state index in [0.717, 1.165) is 38.8 Å². The number of rotatable bonds is 6. The lowest BCUT2D eigenvalue weighted by Crippen LogP contribution is -2.46. The molecule has 0 N–H and O–H groups in total. The van der Waals surface area contributed by atoms with E-state index in [1.807, 2.05) is 28.0 Å². The van der Waals surface area contributed by atoms with Gasteiger partial charge in [-0.3, -0.25) is 4.79 Å². The summed E-state index contributed by atoms with van der Waals surface area (Å²) in [5.41, 5.74) is 1.42. The lowest BCUT2D eigenvalue weighted by Gasteiger charge is -2.37. The van der Waals surface area contributed by atoms with Crippen LogP contribution < -0.4 is 4.90 Å². The molecule has 176 valence electrons. The van der Waals surface area contributed by atoms with E-state index < -0.39 is 0 Å². The maximum atomic E-state index is 13.1. The summed E-state index contributed by atoms with van der Waals surface area (Å²) in [5, 5.41) is 9.49. The summed E-state index contributed by atoms with van der Waals surface area (Å²) in [6.45, 7) is 3.40. The summed E-state index contributed by atoms with van der Waals surface area (Å²) in [6, 6.07) is 15.8. The average molecular weight is 461 g/mol. The van der Waals surface area contributed by atoms with E-state index in [9.17, 15) is 10.1 Å². The lowest BCUT2D eigenvalue weighted by atomic mass is 9.94. The van der Waals surface area contributed by atoms with Gasteiger partial charge in [-0.25, -0.2) is 0 Å². The van der Waals surface area contributed by atoms with Crippen LogP contribution in [0.1, 0.15) is 36.9 Å². The van der Waals surface area contributed by atoms with Gasteiger partial charge in [-0.1, -0.05) is 30.3 Å². The molecule has 0 saturated carbocycles. The van der Waals surface area contributed by atoms with Gasteiger partial charge in [0.05, 0.1) is 19.0 Å². The van der Waals surface area contributed by atoms with Crippen LogP contribution in [0.3, 0.4) is 0 Å². The minimum absolute atomic E-state index is 0.00367. The number of benzene rings is 1. The molecule has 0 unspecified atom stereocenters. The number of furan rings is 1. The van der Waals surface area contributed by atoms with Crippen LogP contribution in [0.15, 0.2) is 57.6 Å². The number of hydrogen-bond acceptors (Lipinski definition) is 7. The van der Waals surface area contributed by atoms with Gasteiger partial charge >= 0.3 is 0 Å². The Kier molecular flexibility index (Phi) is 6.63. The van der Waals surface area contributed by atoms with Crippen LogP contribution in [0.5, 0.6) is 0 Å². The number of carbonyl (C=O) groups is 1. The van der Waals surface area contributed by atoms with Crippen molar-refractivity contribution in [1.82, 2.24) is 9.88 Å². The summed E-state index contributed by atoms with van der Waals surface area (Å²) in [7, 11) is 0. The van der Waals surface area contributed by atoms with Gasteiger partial charge in [-0.05, 0) is 43.4 Å². The third kappa shape index (κ3) is 4.85. The molecule has 1 amide bonds. The van der Waals surface area contributed by atoms with Crippen molar-refractivity contribution >= 4 is 11.8 Å². The second-order valence-corrected chi connectivity index (χ2v) is 8.84. The maximum absolute atomic E-state index is 13.1. The Morgan fingerprint density at radius 1 is 1.06 bits per heavy atom. The fourth-order valence-electron chi connectivity index (χ4n) is 4.72. The highest BCUT2D eigenvalue weighted by atomic mass is 16.5. The van der Waals surface area contributed by atoms with E-state index in [0.29, 0.717) is 37.2 Å². The molecule has 34 heavy (non-hydrogen) atoms. The van der Waals surface area contributed by atoms with Crippen molar-refractivity contribution in [3.63, 3.8) is 0 Å². The van der Waals surface area contributed by atoms with Crippen LogP contribution in [-0.2, 0) is 16.1 Å². The molecule has 5 rings (SSSR count). The molecule has 8 heteroatoms. The highest BCUT2D eigenvalue weighted by molar-refractivity contribution is 5.79. The summed E-state index contributed by atoms with van der Waals surface area (Å²) < 4.78 is 17.3. The smallest absolute Gasteiger partial charge is 0.266 e. The van der Waals surface area contributed by atoms with Gasteiger partial charge in [0.2, 0.25) is 17.5 Å². The maximum Gasteiger partial charge on any atom is 0.266 e. The highest BCUT2D eigenvalue weighted by Gasteiger charge is 2.33. The van der Waals surface area contributed by atoms with Crippen molar-refractivity contribution in [3.8, 4) is 17.7 Å². The van der Waals surface area contributed by atoms with E-state index >= 15 is 0 Å². The first-order chi connectivity index (χ1) is 16.7. The molecular formula is C26H28N4O4. The van der Waals surface area contributed by atoms with Crippen molar-refractivity contribution in [2.24, 2.45) is 5.92 Å². The zero-order chi connectivity index (χ0) is 23.3. The average Bonchev–Trinajstić information content (AvgIpc) is 3.58. The van der Waals surface area contributed by atoms with Crippen molar-refractivity contribution in [2.45, 2.75) is 38.4 Å². The molecule has 0 bridgehead atoms. The Balaban J connectivity index is 1.11. The number of oxazole rings is 1. The number of carbonyl (C=O) groups excluding carboxylic acids is 1. The number of ether oxygens (including phenoxy) is 1. The monoisotopic (exact) mass is 460 g/mol. The van der Waals surface area contributed by atoms with Gasteiger partial charge in [-0.2, -0.15) is 10.2 Å². The van der Waals surface area contributed by atoms with Crippen molar-refractivity contribution in [2.75, 3.05) is 31.1 Å². The molecule has 3 aromatic rings. The fourth-order valence-corrected chi connectivity index (χ4v) is 4.72. The Hall–Kier alpha value is -3.57. The molecule has 0 radical (unpaired) electrons. The molecule has 2 aliphatic heterocycles. The Morgan fingerprint density at radius 3 is 2.50 bits per heavy atom. The van der Waals surface area contributed by atoms with E-state index in [1.165, 1.54) is 5.56 Å². The van der Waals surface area contributed by atoms with Crippen LogP contribution >= 0.6 is 0 Å². The summed E-state index contributed by atoms with van der Waals surface area (Å²) in [6.07, 6.45) is 4.94. The molecule has 2 aliphatic rings. The quantitative estimate of drug-likeness (QED) is 0.543. The molecular weight excluding hydrogens is 432 g/mol.